The molecule has 0 unspecified atom stereocenters. The van der Waals surface area contributed by atoms with E-state index in [-0.39, 0.29) is 5.78 Å². The minimum atomic E-state index is 0.108. The number of aromatic nitrogens is 1. The normalized spacial score (nSPS) is 15.4. The van der Waals surface area contributed by atoms with Crippen LogP contribution in [0.5, 0.6) is 0 Å². The lowest BCUT2D eigenvalue weighted by molar-refractivity contribution is 0.101. The lowest BCUT2D eigenvalue weighted by atomic mass is 10.3. The predicted octanol–water partition coefficient (Wildman–Crippen LogP) is 2.31. The van der Waals surface area contributed by atoms with E-state index in [0.717, 1.165) is 17.4 Å². The van der Waals surface area contributed by atoms with Gasteiger partial charge in [-0.15, -0.1) is 0 Å². The number of nitrogens with zero attached hydrogens (tertiary/aromatic N) is 1. The Morgan fingerprint density at radius 3 is 2.88 bits per heavy atom. The lowest BCUT2D eigenvalue weighted by Crippen LogP contribution is -2.24. The molecule has 5 heteroatoms. The molecule has 0 atom stereocenters. The highest BCUT2D eigenvalue weighted by Gasteiger charge is 2.16. The number of thioether (sulfide) groups is 1. The standard InChI is InChI=1S/C11H14N2OS2/c14-10(9-4-3-5-12-9)8-16-11(15)13-6-1-2-7-13/h3-5,12H,1-2,6-8H2. The number of rotatable bonds is 3. The summed E-state index contributed by atoms with van der Waals surface area (Å²) < 4.78 is 0.859. The number of aromatic amines is 1. The van der Waals surface area contributed by atoms with E-state index >= 15 is 0 Å². The van der Waals surface area contributed by atoms with Crippen molar-refractivity contribution in [2.75, 3.05) is 18.8 Å². The zero-order chi connectivity index (χ0) is 11.4. The van der Waals surface area contributed by atoms with E-state index in [1.807, 2.05) is 6.07 Å². The summed E-state index contributed by atoms with van der Waals surface area (Å²) in [6.45, 7) is 2.09. The van der Waals surface area contributed by atoms with Crippen LogP contribution in [0.1, 0.15) is 23.3 Å². The Balaban J connectivity index is 1.79. The first-order valence-corrected chi connectivity index (χ1v) is 6.75. The molecule has 1 aliphatic rings. The van der Waals surface area contributed by atoms with Crippen molar-refractivity contribution in [2.45, 2.75) is 12.8 Å². The van der Waals surface area contributed by atoms with Gasteiger partial charge >= 0.3 is 0 Å². The number of hydrogen-bond donors (Lipinski definition) is 1. The van der Waals surface area contributed by atoms with Crippen LogP contribution < -0.4 is 0 Å². The van der Waals surface area contributed by atoms with Crippen LogP contribution in [0.2, 0.25) is 0 Å². The third-order valence-corrected chi connectivity index (χ3v) is 4.11. The lowest BCUT2D eigenvalue weighted by Gasteiger charge is -2.16. The molecular formula is C11H14N2OS2. The number of Topliss-reactive ketones (excluding diaryl/α,β-unsaturated/α-hetero) is 1. The largest absolute Gasteiger partial charge is 0.359 e. The summed E-state index contributed by atoms with van der Waals surface area (Å²) >= 11 is 6.76. The molecule has 0 amide bonds. The summed E-state index contributed by atoms with van der Waals surface area (Å²) in [6, 6.07) is 3.62. The average Bonchev–Trinajstić information content (AvgIpc) is 2.95. The predicted molar refractivity (Wildman–Crippen MR) is 71.0 cm³/mol. The number of H-pyrrole nitrogens is 1. The summed E-state index contributed by atoms with van der Waals surface area (Å²) in [5.41, 5.74) is 0.664. The third-order valence-electron chi connectivity index (χ3n) is 2.59. The minimum absolute atomic E-state index is 0.108. The Hall–Kier alpha value is -0.810. The van der Waals surface area contributed by atoms with E-state index in [4.69, 9.17) is 12.2 Å². The van der Waals surface area contributed by atoms with Gasteiger partial charge in [-0.3, -0.25) is 4.79 Å². The first kappa shape index (κ1) is 11.7. The van der Waals surface area contributed by atoms with Gasteiger partial charge in [0.25, 0.3) is 0 Å². The molecule has 0 spiro atoms. The van der Waals surface area contributed by atoms with Gasteiger partial charge in [0.2, 0.25) is 0 Å². The Morgan fingerprint density at radius 1 is 1.50 bits per heavy atom. The summed E-state index contributed by atoms with van der Waals surface area (Å²) in [5, 5.41) is 0. The van der Waals surface area contributed by atoms with Crippen LogP contribution in [0.4, 0.5) is 0 Å². The van der Waals surface area contributed by atoms with E-state index < -0.39 is 0 Å². The van der Waals surface area contributed by atoms with Gasteiger partial charge in [0.1, 0.15) is 4.32 Å². The van der Waals surface area contributed by atoms with Gasteiger partial charge in [-0.1, -0.05) is 24.0 Å². The van der Waals surface area contributed by atoms with Crippen LogP contribution in [0.3, 0.4) is 0 Å². The quantitative estimate of drug-likeness (QED) is 0.663. The van der Waals surface area contributed by atoms with E-state index in [9.17, 15) is 4.79 Å². The zero-order valence-corrected chi connectivity index (χ0v) is 10.6. The van der Waals surface area contributed by atoms with Crippen LogP contribution in [0.25, 0.3) is 0 Å². The highest BCUT2D eigenvalue weighted by atomic mass is 32.2. The number of thiocarbonyl (C=S) groups is 1. The minimum Gasteiger partial charge on any atom is -0.359 e. The van der Waals surface area contributed by atoms with E-state index in [0.29, 0.717) is 11.4 Å². The SMILES string of the molecule is O=C(CSC(=S)N1CCCC1)c1ccc[nH]1. The van der Waals surface area contributed by atoms with Gasteiger partial charge < -0.3 is 9.88 Å². The molecule has 1 N–H and O–H groups in total. The van der Waals surface area contributed by atoms with Crippen molar-refractivity contribution in [3.8, 4) is 0 Å². The fourth-order valence-electron chi connectivity index (χ4n) is 1.70. The molecule has 0 radical (unpaired) electrons. The van der Waals surface area contributed by atoms with Crippen LogP contribution >= 0.6 is 24.0 Å². The maximum Gasteiger partial charge on any atom is 0.189 e. The van der Waals surface area contributed by atoms with Crippen molar-refractivity contribution < 1.29 is 4.79 Å². The first-order chi connectivity index (χ1) is 7.77. The van der Waals surface area contributed by atoms with Gasteiger partial charge in [0, 0.05) is 19.3 Å². The molecule has 16 heavy (non-hydrogen) atoms. The fraction of sp³-hybridized carbons (Fsp3) is 0.455. The van der Waals surface area contributed by atoms with Crippen molar-refractivity contribution in [1.82, 2.24) is 9.88 Å². The molecule has 86 valence electrons. The molecule has 0 aliphatic carbocycles. The molecule has 0 aromatic carbocycles. The van der Waals surface area contributed by atoms with Crippen LogP contribution in [0, 0.1) is 0 Å². The topological polar surface area (TPSA) is 36.1 Å². The van der Waals surface area contributed by atoms with Crippen LogP contribution in [-0.2, 0) is 0 Å². The molecule has 2 heterocycles. The van der Waals surface area contributed by atoms with Crippen molar-refractivity contribution in [3.63, 3.8) is 0 Å². The average molecular weight is 254 g/mol. The second kappa shape index (κ2) is 5.50. The summed E-state index contributed by atoms with van der Waals surface area (Å²) in [4.78, 5) is 16.8. The summed E-state index contributed by atoms with van der Waals surface area (Å²) in [5.74, 6) is 0.534. The Kier molecular flexibility index (Phi) is 4.01. The number of nitrogens with one attached hydrogen (secondary N) is 1. The van der Waals surface area contributed by atoms with Crippen molar-refractivity contribution in [1.29, 1.82) is 0 Å². The third kappa shape index (κ3) is 2.86. The fourth-order valence-corrected chi connectivity index (χ4v) is 2.83. The number of likely N-dealkylation sites (tertiary alicyclic amines) is 1. The van der Waals surface area contributed by atoms with Crippen molar-refractivity contribution >= 4 is 34.1 Å². The maximum atomic E-state index is 11.7. The number of ketones is 1. The van der Waals surface area contributed by atoms with Crippen LogP contribution in [0.15, 0.2) is 18.3 Å². The van der Waals surface area contributed by atoms with Crippen molar-refractivity contribution in [2.24, 2.45) is 0 Å². The maximum absolute atomic E-state index is 11.7. The van der Waals surface area contributed by atoms with Gasteiger partial charge in [0.15, 0.2) is 5.78 Å². The van der Waals surface area contributed by atoms with Gasteiger partial charge in [-0.05, 0) is 25.0 Å². The Labute approximate surface area is 105 Å². The van der Waals surface area contributed by atoms with Gasteiger partial charge in [0.05, 0.1) is 11.4 Å². The molecule has 2 rings (SSSR count). The number of carbonyl (C=O) groups is 1. The molecule has 0 bridgehead atoms. The van der Waals surface area contributed by atoms with E-state index in [1.54, 1.807) is 12.3 Å². The monoisotopic (exact) mass is 254 g/mol. The molecule has 3 nitrogen and oxygen atoms in total. The summed E-state index contributed by atoms with van der Waals surface area (Å²) in [7, 11) is 0. The Morgan fingerprint density at radius 2 is 2.25 bits per heavy atom. The summed E-state index contributed by atoms with van der Waals surface area (Å²) in [6.07, 6.45) is 4.19. The van der Waals surface area contributed by atoms with Gasteiger partial charge in [-0.25, -0.2) is 0 Å². The van der Waals surface area contributed by atoms with E-state index in [2.05, 4.69) is 9.88 Å². The molecule has 1 aromatic heterocycles. The first-order valence-electron chi connectivity index (χ1n) is 5.35. The molecule has 0 saturated carbocycles. The molecular weight excluding hydrogens is 240 g/mol. The number of hydrogen-bond acceptors (Lipinski definition) is 3. The van der Waals surface area contributed by atoms with E-state index in [1.165, 1.54) is 24.6 Å². The molecule has 1 aliphatic heterocycles. The highest BCUT2D eigenvalue weighted by Crippen LogP contribution is 2.17. The van der Waals surface area contributed by atoms with Crippen LogP contribution in [-0.4, -0.2) is 38.8 Å². The van der Waals surface area contributed by atoms with Crippen molar-refractivity contribution in [3.05, 3.63) is 24.0 Å². The number of carbonyl (C=O) groups excluding carboxylic acids is 1. The molecule has 1 fully saturated rings. The smallest absolute Gasteiger partial charge is 0.189 e. The zero-order valence-electron chi connectivity index (χ0n) is 8.94. The highest BCUT2D eigenvalue weighted by molar-refractivity contribution is 8.23. The second-order valence-corrected chi connectivity index (χ2v) is 5.36. The Bertz CT molecular complexity index is 369. The molecule has 1 aromatic rings. The second-order valence-electron chi connectivity index (χ2n) is 3.76. The molecule has 1 saturated heterocycles. The van der Waals surface area contributed by atoms with Gasteiger partial charge in [-0.2, -0.15) is 0 Å².